The molecular formula is C31H21Cl3N2O5. The number of rotatable bonds is 8. The number of ether oxygens (including phenoxy) is 2. The second-order valence-electron chi connectivity index (χ2n) is 8.95. The van der Waals surface area contributed by atoms with E-state index in [1.807, 2.05) is 42.5 Å². The lowest BCUT2D eigenvalue weighted by Gasteiger charge is -2.26. The Kier molecular flexibility index (Phi) is 8.59. The van der Waals surface area contributed by atoms with Gasteiger partial charge in [-0.05, 0) is 71.3 Å². The summed E-state index contributed by atoms with van der Waals surface area (Å²) < 4.78 is 11.6. The number of benzene rings is 4. The highest BCUT2D eigenvalue weighted by atomic mass is 35.5. The minimum atomic E-state index is -0.864. The van der Waals surface area contributed by atoms with Gasteiger partial charge in [0.25, 0.3) is 11.8 Å². The van der Waals surface area contributed by atoms with E-state index < -0.39 is 17.8 Å². The number of halogens is 3. The number of nitrogens with one attached hydrogen (secondary N) is 1. The van der Waals surface area contributed by atoms with Crippen LogP contribution in [0.5, 0.6) is 11.5 Å². The highest BCUT2D eigenvalue weighted by Gasteiger charge is 2.36. The first-order chi connectivity index (χ1) is 19.8. The predicted molar refractivity (Wildman–Crippen MR) is 158 cm³/mol. The molecule has 4 aromatic carbocycles. The van der Waals surface area contributed by atoms with Crippen LogP contribution in [-0.2, 0) is 22.8 Å². The number of anilines is 1. The highest BCUT2D eigenvalue weighted by molar-refractivity contribution is 6.40. The van der Waals surface area contributed by atoms with Gasteiger partial charge in [-0.25, -0.2) is 9.69 Å². The van der Waals surface area contributed by atoms with Gasteiger partial charge in [0.15, 0.2) is 5.75 Å². The number of carbonyl (C=O) groups is 3. The summed E-state index contributed by atoms with van der Waals surface area (Å²) in [6, 6.07) is 25.3. The van der Waals surface area contributed by atoms with Crippen molar-refractivity contribution >= 4 is 64.4 Å². The largest absolute Gasteiger partial charge is 0.489 e. The number of imide groups is 2. The van der Waals surface area contributed by atoms with Crippen molar-refractivity contribution < 1.29 is 23.9 Å². The van der Waals surface area contributed by atoms with Gasteiger partial charge in [-0.3, -0.25) is 14.9 Å². The molecule has 7 nitrogen and oxygen atoms in total. The third kappa shape index (κ3) is 6.72. The molecule has 4 aromatic rings. The molecule has 41 heavy (non-hydrogen) atoms. The first-order valence-electron chi connectivity index (χ1n) is 12.3. The number of urea groups is 1. The predicted octanol–water partition coefficient (Wildman–Crippen LogP) is 7.47. The fraction of sp³-hybridized carbons (Fsp3) is 0.0645. The summed E-state index contributed by atoms with van der Waals surface area (Å²) in [4.78, 5) is 39.4. The van der Waals surface area contributed by atoms with Crippen LogP contribution in [0.15, 0.2) is 96.6 Å². The van der Waals surface area contributed by atoms with E-state index >= 15 is 0 Å². The molecule has 0 saturated carbocycles. The summed E-state index contributed by atoms with van der Waals surface area (Å²) in [5, 5.41) is 3.17. The number of amides is 4. The number of barbiturate groups is 1. The van der Waals surface area contributed by atoms with Gasteiger partial charge in [0.05, 0.1) is 15.7 Å². The molecule has 1 aliphatic rings. The van der Waals surface area contributed by atoms with E-state index in [1.165, 1.54) is 18.2 Å². The number of carbonyl (C=O) groups excluding carboxylic acids is 3. The topological polar surface area (TPSA) is 84.9 Å². The maximum absolute atomic E-state index is 13.3. The lowest BCUT2D eigenvalue weighted by molar-refractivity contribution is -0.122. The van der Waals surface area contributed by atoms with E-state index in [2.05, 4.69) is 5.32 Å². The molecule has 1 aliphatic heterocycles. The molecule has 10 heteroatoms. The number of hydrogen-bond donors (Lipinski definition) is 1. The zero-order valence-electron chi connectivity index (χ0n) is 21.3. The molecule has 4 amide bonds. The second-order valence-corrected chi connectivity index (χ2v) is 10.2. The normalized spacial score (nSPS) is 14.3. The maximum Gasteiger partial charge on any atom is 0.335 e. The molecule has 1 saturated heterocycles. The second kappa shape index (κ2) is 12.5. The molecule has 1 N–H and O–H groups in total. The van der Waals surface area contributed by atoms with Gasteiger partial charge in [0, 0.05) is 5.02 Å². The van der Waals surface area contributed by atoms with Gasteiger partial charge in [-0.1, -0.05) is 77.3 Å². The smallest absolute Gasteiger partial charge is 0.335 e. The molecule has 0 aliphatic carbocycles. The van der Waals surface area contributed by atoms with Crippen molar-refractivity contribution in [1.29, 1.82) is 0 Å². The Morgan fingerprint density at radius 3 is 2.00 bits per heavy atom. The Balaban J connectivity index is 1.32. The quantitative estimate of drug-likeness (QED) is 0.166. The summed E-state index contributed by atoms with van der Waals surface area (Å²) in [5.41, 5.74) is 2.22. The van der Waals surface area contributed by atoms with E-state index in [4.69, 9.17) is 44.3 Å². The minimum absolute atomic E-state index is 0.181. The third-order valence-electron chi connectivity index (χ3n) is 6.07. The van der Waals surface area contributed by atoms with E-state index in [1.54, 1.807) is 36.4 Å². The third-order valence-corrected chi connectivity index (χ3v) is 6.89. The molecule has 0 bridgehead atoms. The summed E-state index contributed by atoms with van der Waals surface area (Å²) in [7, 11) is 0. The molecule has 206 valence electrons. The summed E-state index contributed by atoms with van der Waals surface area (Å²) in [6.07, 6.45) is 1.31. The molecule has 0 atom stereocenters. The molecule has 5 rings (SSSR count). The van der Waals surface area contributed by atoms with Gasteiger partial charge in [0.1, 0.15) is 24.5 Å². The highest BCUT2D eigenvalue weighted by Crippen LogP contribution is 2.36. The van der Waals surface area contributed by atoms with Gasteiger partial charge in [-0.15, -0.1) is 0 Å². The van der Waals surface area contributed by atoms with Crippen LogP contribution in [0.4, 0.5) is 10.5 Å². The van der Waals surface area contributed by atoms with Crippen molar-refractivity contribution in [3.8, 4) is 11.5 Å². The van der Waals surface area contributed by atoms with Crippen LogP contribution < -0.4 is 19.7 Å². The molecule has 0 spiro atoms. The van der Waals surface area contributed by atoms with Crippen LogP contribution in [0.25, 0.3) is 6.08 Å². The van der Waals surface area contributed by atoms with Crippen LogP contribution in [0, 0.1) is 0 Å². The van der Waals surface area contributed by atoms with E-state index in [-0.39, 0.29) is 33.7 Å². The Labute approximate surface area is 250 Å². The first kappa shape index (κ1) is 28.2. The summed E-state index contributed by atoms with van der Waals surface area (Å²) in [5.74, 6) is -0.838. The van der Waals surface area contributed by atoms with E-state index in [0.717, 1.165) is 16.0 Å². The first-order valence-corrected chi connectivity index (χ1v) is 13.5. The van der Waals surface area contributed by atoms with E-state index in [0.29, 0.717) is 22.9 Å². The fourth-order valence-corrected chi connectivity index (χ4v) is 4.77. The molecule has 1 heterocycles. The number of nitrogens with zero attached hydrogens (tertiary/aromatic N) is 1. The molecule has 1 fully saturated rings. The van der Waals surface area contributed by atoms with Crippen LogP contribution in [0.2, 0.25) is 15.1 Å². The van der Waals surface area contributed by atoms with Crippen LogP contribution in [0.3, 0.4) is 0 Å². The molecule has 0 radical (unpaired) electrons. The fourth-order valence-electron chi connectivity index (χ4n) is 4.03. The monoisotopic (exact) mass is 606 g/mol. The Hall–Kier alpha value is -4.30. The summed E-state index contributed by atoms with van der Waals surface area (Å²) >= 11 is 18.8. The standard InChI is InChI=1S/C31H21Cl3N2O5/c32-22-8-6-20(7-9-22)18-41-28-26(33)15-21(16-27(28)34)14-25-29(37)35-31(39)36(30(25)38)23-10-12-24(13-11-23)40-17-19-4-2-1-3-5-19/h1-16H,17-18H2,(H,35,37,39)/b25-14+. The van der Waals surface area contributed by atoms with Gasteiger partial charge in [0.2, 0.25) is 0 Å². The average molecular weight is 608 g/mol. The van der Waals surface area contributed by atoms with Gasteiger partial charge >= 0.3 is 6.03 Å². The van der Waals surface area contributed by atoms with Crippen LogP contribution in [-0.4, -0.2) is 17.8 Å². The van der Waals surface area contributed by atoms with Crippen molar-refractivity contribution in [3.63, 3.8) is 0 Å². The maximum atomic E-state index is 13.3. The Morgan fingerprint density at radius 1 is 0.732 bits per heavy atom. The van der Waals surface area contributed by atoms with Crippen molar-refractivity contribution in [2.24, 2.45) is 0 Å². The van der Waals surface area contributed by atoms with Crippen LogP contribution in [0.1, 0.15) is 16.7 Å². The Bertz CT molecular complexity index is 1620. The van der Waals surface area contributed by atoms with Gasteiger partial charge < -0.3 is 9.47 Å². The zero-order chi connectivity index (χ0) is 28.9. The lowest BCUT2D eigenvalue weighted by Crippen LogP contribution is -2.54. The number of hydrogen-bond acceptors (Lipinski definition) is 5. The Morgan fingerprint density at radius 2 is 1.34 bits per heavy atom. The molecule has 0 unspecified atom stereocenters. The minimum Gasteiger partial charge on any atom is -0.489 e. The molecular weight excluding hydrogens is 587 g/mol. The van der Waals surface area contributed by atoms with Crippen molar-refractivity contribution in [2.75, 3.05) is 4.90 Å². The molecule has 0 aromatic heterocycles. The lowest BCUT2D eigenvalue weighted by atomic mass is 10.1. The SMILES string of the molecule is O=C1NC(=O)N(c2ccc(OCc3ccccc3)cc2)C(=O)/C1=C/c1cc(Cl)c(OCc2ccc(Cl)cc2)c(Cl)c1. The van der Waals surface area contributed by atoms with E-state index in [9.17, 15) is 14.4 Å². The zero-order valence-corrected chi connectivity index (χ0v) is 23.5. The van der Waals surface area contributed by atoms with Gasteiger partial charge in [-0.2, -0.15) is 0 Å². The van der Waals surface area contributed by atoms with Crippen molar-refractivity contribution in [1.82, 2.24) is 5.32 Å². The summed E-state index contributed by atoms with van der Waals surface area (Å²) in [6.45, 7) is 0.561. The van der Waals surface area contributed by atoms with Crippen LogP contribution >= 0.6 is 34.8 Å². The van der Waals surface area contributed by atoms with Crippen molar-refractivity contribution in [2.45, 2.75) is 13.2 Å². The van der Waals surface area contributed by atoms with Crippen molar-refractivity contribution in [3.05, 3.63) is 128 Å². The average Bonchev–Trinajstić information content (AvgIpc) is 2.96.